The maximum absolute atomic E-state index is 12.4. The Morgan fingerprint density at radius 2 is 2.04 bits per heavy atom. The molecule has 1 fully saturated rings. The van der Waals surface area contributed by atoms with Crippen molar-refractivity contribution in [2.24, 2.45) is 5.41 Å². The number of amides is 1. The van der Waals surface area contributed by atoms with Crippen molar-refractivity contribution in [1.82, 2.24) is 5.32 Å². The minimum absolute atomic E-state index is 0.0389. The van der Waals surface area contributed by atoms with Gasteiger partial charge in [0.1, 0.15) is 6.61 Å². The summed E-state index contributed by atoms with van der Waals surface area (Å²) in [5.74, 6) is -2.26. The van der Waals surface area contributed by atoms with E-state index in [4.69, 9.17) is 18.7 Å². The Hall–Kier alpha value is -1.32. The van der Waals surface area contributed by atoms with E-state index < -0.39 is 50.4 Å². The zero-order valence-corrected chi connectivity index (χ0v) is 14.9. The Morgan fingerprint density at radius 1 is 1.42 bits per heavy atom. The number of hydrogen-bond donors (Lipinski definition) is 3. The molecule has 3 unspecified atom stereocenters. The van der Waals surface area contributed by atoms with Crippen molar-refractivity contribution in [1.29, 1.82) is 0 Å². The average molecular weight is 368 g/mol. The van der Waals surface area contributed by atoms with Gasteiger partial charge in [-0.1, -0.05) is 13.8 Å². The summed E-state index contributed by atoms with van der Waals surface area (Å²) in [7, 11) is -3.83. The van der Waals surface area contributed by atoms with E-state index in [1.807, 2.05) is 0 Å². The van der Waals surface area contributed by atoms with E-state index >= 15 is 0 Å². The first-order chi connectivity index (χ1) is 10.9. The van der Waals surface area contributed by atoms with E-state index in [0.29, 0.717) is 0 Å². The topological polar surface area (TPSA) is 141 Å². The lowest BCUT2D eigenvalue weighted by Crippen LogP contribution is -2.52. The molecule has 0 saturated carbocycles. The molecule has 0 aromatic carbocycles. The monoisotopic (exact) mass is 368 g/mol. The summed E-state index contributed by atoms with van der Waals surface area (Å²) in [5, 5.41) is 11.3. The molecule has 1 rings (SSSR count). The molecule has 3 atom stereocenters. The maximum atomic E-state index is 12.4. The van der Waals surface area contributed by atoms with Crippen molar-refractivity contribution in [2.45, 2.75) is 46.3 Å². The van der Waals surface area contributed by atoms with E-state index in [-0.39, 0.29) is 13.0 Å². The van der Waals surface area contributed by atoms with E-state index in [0.717, 1.165) is 6.92 Å². The highest BCUT2D eigenvalue weighted by Gasteiger charge is 2.59. The van der Waals surface area contributed by atoms with Gasteiger partial charge in [0, 0.05) is 18.4 Å². The Bertz CT molecular complexity index is 498. The standard InChI is InChI=1S/C13H22NO9P/c1-8(5-10(16)17)14-12(18)11-13(3,4)6-21-24(19,23-11)22-7-20-9(2)15/h8,11,19H,5-7H2,1-4H3,(H-,14,16,17,18)/p+1. The quantitative estimate of drug-likeness (QED) is 0.335. The number of carboxylic acids is 1. The van der Waals surface area contributed by atoms with Crippen LogP contribution in [0.15, 0.2) is 0 Å². The molecule has 0 spiro atoms. The molecular weight excluding hydrogens is 345 g/mol. The highest BCUT2D eigenvalue weighted by Crippen LogP contribution is 2.63. The molecule has 0 radical (unpaired) electrons. The van der Waals surface area contributed by atoms with Crippen LogP contribution >= 0.6 is 8.17 Å². The molecule has 1 amide bonds. The predicted molar refractivity (Wildman–Crippen MR) is 81.3 cm³/mol. The number of esters is 1. The Morgan fingerprint density at radius 3 is 2.58 bits per heavy atom. The normalized spacial score (nSPS) is 27.1. The van der Waals surface area contributed by atoms with Gasteiger partial charge < -0.3 is 15.2 Å². The van der Waals surface area contributed by atoms with Crippen LogP contribution in [0, 0.1) is 5.41 Å². The molecule has 0 aromatic rings. The van der Waals surface area contributed by atoms with Crippen LogP contribution < -0.4 is 5.32 Å². The van der Waals surface area contributed by atoms with E-state index in [1.54, 1.807) is 13.8 Å². The first-order valence-electron chi connectivity index (χ1n) is 7.20. The van der Waals surface area contributed by atoms with Crippen molar-refractivity contribution in [3.8, 4) is 0 Å². The lowest BCUT2D eigenvalue weighted by atomic mass is 9.87. The van der Waals surface area contributed by atoms with Crippen LogP contribution in [0.2, 0.25) is 0 Å². The number of carbonyl (C=O) groups is 3. The highest BCUT2D eigenvalue weighted by molar-refractivity contribution is 7.55. The van der Waals surface area contributed by atoms with Crippen LogP contribution in [0.1, 0.15) is 34.1 Å². The van der Waals surface area contributed by atoms with E-state index in [9.17, 15) is 19.3 Å². The predicted octanol–water partition coefficient (Wildman–Crippen LogP) is 0.614. The third-order valence-electron chi connectivity index (χ3n) is 3.13. The van der Waals surface area contributed by atoms with Crippen LogP contribution in [0.4, 0.5) is 0 Å². The molecule has 0 aromatic heterocycles. The van der Waals surface area contributed by atoms with Crippen molar-refractivity contribution in [2.75, 3.05) is 13.4 Å². The van der Waals surface area contributed by atoms with Gasteiger partial charge in [-0.15, -0.1) is 9.05 Å². The van der Waals surface area contributed by atoms with Gasteiger partial charge in [-0.25, -0.2) is 0 Å². The minimum atomic E-state index is -3.83. The number of hydrogen-bond acceptors (Lipinski definition) is 8. The number of carboxylic acid groups (broad SMARTS) is 1. The second-order valence-corrected chi connectivity index (χ2v) is 7.77. The fraction of sp³-hybridized carbons (Fsp3) is 0.769. The summed E-state index contributed by atoms with van der Waals surface area (Å²) in [6.45, 7) is 5.46. The minimum Gasteiger partial charge on any atom is -0.481 e. The SMILES string of the molecule is CC(=O)OCO[P+]1(O)OCC(C)(C)C(C(=O)NC(C)CC(=O)O)O1. The fourth-order valence-corrected chi connectivity index (χ4v) is 3.43. The first-order valence-corrected chi connectivity index (χ1v) is 8.69. The summed E-state index contributed by atoms with van der Waals surface area (Å²) in [6, 6.07) is -0.620. The van der Waals surface area contributed by atoms with Crippen molar-refractivity contribution in [3.05, 3.63) is 0 Å². The average Bonchev–Trinajstić information content (AvgIpc) is 2.40. The Labute approximate surface area is 140 Å². The molecule has 0 bridgehead atoms. The number of aliphatic carboxylic acids is 1. The Kier molecular flexibility index (Phi) is 7.06. The van der Waals surface area contributed by atoms with Gasteiger partial charge in [-0.3, -0.25) is 14.4 Å². The second-order valence-electron chi connectivity index (χ2n) is 6.11. The summed E-state index contributed by atoms with van der Waals surface area (Å²) in [4.78, 5) is 43.9. The van der Waals surface area contributed by atoms with Gasteiger partial charge >= 0.3 is 20.1 Å². The Balaban J connectivity index is 2.72. The maximum Gasteiger partial charge on any atom is 0.576 e. The summed E-state index contributed by atoms with van der Waals surface area (Å²) < 4.78 is 20.0. The third-order valence-corrected chi connectivity index (χ3v) is 4.50. The van der Waals surface area contributed by atoms with Crippen molar-refractivity contribution >= 4 is 26.0 Å². The molecule has 11 heteroatoms. The zero-order valence-electron chi connectivity index (χ0n) is 14.0. The van der Waals surface area contributed by atoms with Crippen LogP contribution in [0.5, 0.6) is 0 Å². The lowest BCUT2D eigenvalue weighted by molar-refractivity contribution is -0.156. The van der Waals surface area contributed by atoms with Crippen LogP contribution in [-0.4, -0.2) is 53.4 Å². The van der Waals surface area contributed by atoms with Gasteiger partial charge in [0.15, 0.2) is 6.10 Å². The zero-order chi connectivity index (χ0) is 18.5. The number of carbonyl (C=O) groups excluding carboxylic acids is 2. The largest absolute Gasteiger partial charge is 0.576 e. The summed E-state index contributed by atoms with van der Waals surface area (Å²) >= 11 is 0. The van der Waals surface area contributed by atoms with Gasteiger partial charge in [0.25, 0.3) is 5.91 Å². The van der Waals surface area contributed by atoms with Crippen molar-refractivity contribution < 1.29 is 42.7 Å². The van der Waals surface area contributed by atoms with Crippen LogP contribution in [0.25, 0.3) is 0 Å². The number of ether oxygens (including phenoxy) is 1. The molecule has 1 aliphatic rings. The summed E-state index contributed by atoms with van der Waals surface area (Å²) in [5.41, 5.74) is -0.788. The van der Waals surface area contributed by atoms with Crippen LogP contribution in [0.3, 0.4) is 0 Å². The fourth-order valence-electron chi connectivity index (χ4n) is 1.91. The molecule has 1 saturated heterocycles. The molecule has 3 N–H and O–H groups in total. The van der Waals surface area contributed by atoms with Gasteiger partial charge in [0.05, 0.1) is 6.42 Å². The molecular formula is C13H23NO9P+. The van der Waals surface area contributed by atoms with Gasteiger partial charge in [-0.05, 0) is 6.92 Å². The van der Waals surface area contributed by atoms with Gasteiger partial charge in [0.2, 0.25) is 6.79 Å². The highest BCUT2D eigenvalue weighted by atomic mass is 31.2. The van der Waals surface area contributed by atoms with Gasteiger partial charge in [-0.2, -0.15) is 9.42 Å². The number of nitrogens with one attached hydrogen (secondary N) is 1. The third kappa shape index (κ3) is 6.29. The molecule has 10 nitrogen and oxygen atoms in total. The first kappa shape index (κ1) is 20.7. The van der Waals surface area contributed by atoms with Crippen molar-refractivity contribution in [3.63, 3.8) is 0 Å². The van der Waals surface area contributed by atoms with E-state index in [1.165, 1.54) is 6.92 Å². The number of rotatable bonds is 7. The second kappa shape index (κ2) is 8.17. The molecule has 1 aliphatic heterocycles. The molecule has 1 heterocycles. The molecule has 138 valence electrons. The van der Waals surface area contributed by atoms with E-state index in [2.05, 4.69) is 10.1 Å². The summed E-state index contributed by atoms with van der Waals surface area (Å²) in [6.07, 6.45) is -1.38. The molecule has 0 aliphatic carbocycles. The van der Waals surface area contributed by atoms with Crippen LogP contribution in [-0.2, 0) is 32.7 Å². The smallest absolute Gasteiger partial charge is 0.481 e. The molecule has 24 heavy (non-hydrogen) atoms. The lowest BCUT2D eigenvalue weighted by Gasteiger charge is -2.36.